The van der Waals surface area contributed by atoms with E-state index in [-0.39, 0.29) is 0 Å². The van der Waals surface area contributed by atoms with Crippen LogP contribution in [0.25, 0.3) is 6.08 Å². The van der Waals surface area contributed by atoms with Crippen LogP contribution in [0.15, 0.2) is 46.7 Å². The topological polar surface area (TPSA) is 70.0 Å². The Labute approximate surface area is 151 Å². The van der Waals surface area contributed by atoms with Crippen molar-refractivity contribution in [3.8, 4) is 5.40 Å². The predicted octanol–water partition coefficient (Wildman–Crippen LogP) is 4.94. The smallest absolute Gasteiger partial charge is 0.255 e. The van der Waals surface area contributed by atoms with E-state index in [9.17, 15) is 8.42 Å². The molecule has 0 saturated carbocycles. The molecule has 0 amide bonds. The molecule has 0 unspecified atom stereocenters. The van der Waals surface area contributed by atoms with Gasteiger partial charge in [0.25, 0.3) is 10.0 Å². The van der Waals surface area contributed by atoms with E-state index in [1.807, 2.05) is 5.40 Å². The molecule has 0 aliphatic heterocycles. The Balaban J connectivity index is 2.23. The van der Waals surface area contributed by atoms with Gasteiger partial charge in [-0.25, -0.2) is 8.42 Å². The van der Waals surface area contributed by atoms with Crippen molar-refractivity contribution in [1.82, 2.24) is 0 Å². The second-order valence-corrected chi connectivity index (χ2v) is 7.99. The molecular formula is C17H15ClN2O2S2. The number of hydrogen-bond acceptors (Lipinski definition) is 4. The number of sulfonamides is 1. The normalized spacial score (nSPS) is 11.4. The van der Waals surface area contributed by atoms with Crippen molar-refractivity contribution in [1.29, 1.82) is 5.26 Å². The molecule has 0 bridgehead atoms. The Hall–Kier alpha value is -1.94. The third kappa shape index (κ3) is 5.03. The van der Waals surface area contributed by atoms with E-state index in [0.717, 1.165) is 38.8 Å². The van der Waals surface area contributed by atoms with E-state index in [1.165, 1.54) is 6.08 Å². The average Bonchev–Trinajstić information content (AvgIpc) is 2.51. The summed E-state index contributed by atoms with van der Waals surface area (Å²) >= 11 is 6.85. The fourth-order valence-corrected chi connectivity index (χ4v) is 3.83. The average molecular weight is 379 g/mol. The van der Waals surface area contributed by atoms with E-state index < -0.39 is 10.0 Å². The molecular weight excluding hydrogens is 364 g/mol. The van der Waals surface area contributed by atoms with Crippen molar-refractivity contribution >= 4 is 45.1 Å². The summed E-state index contributed by atoms with van der Waals surface area (Å²) in [6, 6.07) is 10.4. The van der Waals surface area contributed by atoms with Gasteiger partial charge >= 0.3 is 0 Å². The Bertz CT molecular complexity index is 892. The number of aryl methyl sites for hydroxylation is 2. The lowest BCUT2D eigenvalue weighted by Crippen LogP contribution is -2.11. The molecule has 0 aliphatic carbocycles. The van der Waals surface area contributed by atoms with Gasteiger partial charge < -0.3 is 0 Å². The van der Waals surface area contributed by atoms with Crippen molar-refractivity contribution in [2.75, 3.05) is 4.72 Å². The maximum atomic E-state index is 12.3. The highest BCUT2D eigenvalue weighted by Crippen LogP contribution is 2.28. The Morgan fingerprint density at radius 1 is 1.17 bits per heavy atom. The summed E-state index contributed by atoms with van der Waals surface area (Å²) < 4.78 is 27.1. The number of nitrogens with zero attached hydrogens (tertiary/aromatic N) is 1. The van der Waals surface area contributed by atoms with Gasteiger partial charge in [0, 0.05) is 9.92 Å². The summed E-state index contributed by atoms with van der Waals surface area (Å²) in [6.07, 6.45) is 1.50. The first kappa shape index (κ1) is 18.4. The quantitative estimate of drug-likeness (QED) is 0.590. The number of hydrogen-bond donors (Lipinski definition) is 1. The third-order valence-corrected chi connectivity index (χ3v) is 5.02. The first-order chi connectivity index (χ1) is 11.3. The maximum absolute atomic E-state index is 12.3. The van der Waals surface area contributed by atoms with E-state index in [4.69, 9.17) is 16.9 Å². The largest absolute Gasteiger partial charge is 0.280 e. The van der Waals surface area contributed by atoms with Crippen molar-refractivity contribution in [2.45, 2.75) is 18.7 Å². The number of nitrogens with one attached hydrogen (secondary N) is 1. The lowest BCUT2D eigenvalue weighted by Gasteiger charge is -2.12. The minimum Gasteiger partial charge on any atom is -0.280 e. The molecule has 0 saturated heterocycles. The highest BCUT2D eigenvalue weighted by Gasteiger charge is 2.12. The molecule has 2 aromatic carbocycles. The third-order valence-electron chi connectivity index (χ3n) is 3.22. The minimum absolute atomic E-state index is 0.526. The number of thiocyanates is 1. The molecule has 7 heteroatoms. The van der Waals surface area contributed by atoms with Crippen LogP contribution in [0.3, 0.4) is 0 Å². The Kier molecular flexibility index (Phi) is 5.94. The van der Waals surface area contributed by atoms with Crippen LogP contribution in [-0.4, -0.2) is 8.42 Å². The maximum Gasteiger partial charge on any atom is 0.255 e. The summed E-state index contributed by atoms with van der Waals surface area (Å²) in [5, 5.41) is 12.5. The first-order valence-electron chi connectivity index (χ1n) is 6.94. The molecule has 124 valence electrons. The van der Waals surface area contributed by atoms with Crippen LogP contribution in [0, 0.1) is 24.5 Å². The molecule has 0 fully saturated rings. The van der Waals surface area contributed by atoms with E-state index in [0.29, 0.717) is 10.7 Å². The molecule has 2 aromatic rings. The summed E-state index contributed by atoms with van der Waals surface area (Å²) in [4.78, 5) is 0.784. The van der Waals surface area contributed by atoms with Crippen molar-refractivity contribution < 1.29 is 8.42 Å². The van der Waals surface area contributed by atoms with Crippen molar-refractivity contribution in [3.05, 3.63) is 63.5 Å². The molecule has 0 aromatic heterocycles. The molecule has 0 aliphatic rings. The SMILES string of the molecule is Cc1cc(SC#N)cc(C)c1NS(=O)(=O)/C=C/c1ccc(Cl)cc1. The Morgan fingerprint density at radius 3 is 2.29 bits per heavy atom. The van der Waals surface area contributed by atoms with Crippen molar-refractivity contribution in [2.24, 2.45) is 0 Å². The van der Waals surface area contributed by atoms with E-state index >= 15 is 0 Å². The van der Waals surface area contributed by atoms with Gasteiger partial charge in [-0.3, -0.25) is 4.72 Å². The molecule has 0 heterocycles. The zero-order valence-corrected chi connectivity index (χ0v) is 15.5. The lowest BCUT2D eigenvalue weighted by atomic mass is 10.1. The van der Waals surface area contributed by atoms with Crippen LogP contribution in [0.4, 0.5) is 5.69 Å². The lowest BCUT2D eigenvalue weighted by molar-refractivity contribution is 0.609. The number of nitriles is 1. The van der Waals surface area contributed by atoms with Crippen LogP contribution in [0.2, 0.25) is 5.02 Å². The number of rotatable bonds is 5. The number of benzene rings is 2. The second-order valence-electron chi connectivity index (χ2n) is 5.13. The van der Waals surface area contributed by atoms with Crippen molar-refractivity contribution in [3.63, 3.8) is 0 Å². The molecule has 0 radical (unpaired) electrons. The molecule has 4 nitrogen and oxygen atoms in total. The second kappa shape index (κ2) is 7.75. The van der Waals surface area contributed by atoms with E-state index in [2.05, 4.69) is 4.72 Å². The van der Waals surface area contributed by atoms with Crippen LogP contribution in [0.5, 0.6) is 0 Å². The van der Waals surface area contributed by atoms with E-state index in [1.54, 1.807) is 50.2 Å². The number of anilines is 1. The monoisotopic (exact) mass is 378 g/mol. The molecule has 24 heavy (non-hydrogen) atoms. The molecule has 1 N–H and O–H groups in total. The van der Waals surface area contributed by atoms with Gasteiger partial charge in [-0.1, -0.05) is 23.7 Å². The fourth-order valence-electron chi connectivity index (χ4n) is 2.11. The van der Waals surface area contributed by atoms with Crippen LogP contribution in [-0.2, 0) is 10.0 Å². The fraction of sp³-hybridized carbons (Fsp3) is 0.118. The van der Waals surface area contributed by atoms with Gasteiger partial charge in [0.1, 0.15) is 5.40 Å². The van der Waals surface area contributed by atoms with Crippen LogP contribution in [0.1, 0.15) is 16.7 Å². The summed E-state index contributed by atoms with van der Waals surface area (Å²) in [5.41, 5.74) is 2.78. The van der Waals surface area contributed by atoms with Gasteiger partial charge in [0.2, 0.25) is 0 Å². The predicted molar refractivity (Wildman–Crippen MR) is 100 cm³/mol. The van der Waals surface area contributed by atoms with Gasteiger partial charge in [0.15, 0.2) is 0 Å². The minimum atomic E-state index is -3.65. The zero-order valence-electron chi connectivity index (χ0n) is 13.1. The zero-order chi connectivity index (χ0) is 17.7. The first-order valence-corrected chi connectivity index (χ1v) is 9.68. The molecule has 2 rings (SSSR count). The standard InChI is InChI=1S/C17H15ClN2O2S2/c1-12-9-16(23-11-19)10-13(2)17(12)20-24(21,22)8-7-14-3-5-15(18)6-4-14/h3-10,20H,1-2H3/b8-7+. The molecule has 0 atom stereocenters. The number of thioether (sulfide) groups is 1. The van der Waals surface area contributed by atoms with Gasteiger partial charge in [-0.05, 0) is 72.6 Å². The summed E-state index contributed by atoms with van der Waals surface area (Å²) in [7, 11) is -3.65. The molecule has 0 spiro atoms. The van der Waals surface area contributed by atoms with Gasteiger partial charge in [0.05, 0.1) is 11.1 Å². The number of halogens is 1. The Morgan fingerprint density at radius 2 is 1.75 bits per heavy atom. The highest BCUT2D eigenvalue weighted by molar-refractivity contribution is 8.03. The van der Waals surface area contributed by atoms with Gasteiger partial charge in [-0.2, -0.15) is 5.26 Å². The summed E-state index contributed by atoms with van der Waals surface area (Å²) in [6.45, 7) is 3.60. The van der Waals surface area contributed by atoms with Crippen LogP contribution < -0.4 is 4.72 Å². The highest BCUT2D eigenvalue weighted by atomic mass is 35.5. The summed E-state index contributed by atoms with van der Waals surface area (Å²) in [5.74, 6) is 0. The van der Waals surface area contributed by atoms with Gasteiger partial charge in [-0.15, -0.1) is 0 Å². The van der Waals surface area contributed by atoms with Crippen LogP contribution >= 0.6 is 23.4 Å².